The van der Waals surface area contributed by atoms with Crippen LogP contribution in [0.15, 0.2) is 53.0 Å². The predicted molar refractivity (Wildman–Crippen MR) is 97.7 cm³/mol. The van der Waals surface area contributed by atoms with Gasteiger partial charge in [-0.2, -0.15) is 0 Å². The summed E-state index contributed by atoms with van der Waals surface area (Å²) in [5.74, 6) is -0.0573. The van der Waals surface area contributed by atoms with Gasteiger partial charge in [-0.05, 0) is 48.4 Å². The number of hydrogen-bond acceptors (Lipinski definition) is 2. The van der Waals surface area contributed by atoms with Gasteiger partial charge in [0.05, 0.1) is 6.42 Å². The fourth-order valence-electron chi connectivity index (χ4n) is 2.97. The SMILES string of the molecule is O=C(Cc1ccc(Br)cc1)N1CCCN(c2ccc(F)cc2)CC1. The van der Waals surface area contributed by atoms with E-state index in [1.165, 1.54) is 12.1 Å². The first-order chi connectivity index (χ1) is 11.6. The average Bonchev–Trinajstić information content (AvgIpc) is 2.84. The quantitative estimate of drug-likeness (QED) is 0.793. The molecule has 1 heterocycles. The molecular weight excluding hydrogens is 371 g/mol. The van der Waals surface area contributed by atoms with Crippen molar-refractivity contribution in [2.24, 2.45) is 0 Å². The molecule has 126 valence electrons. The molecule has 24 heavy (non-hydrogen) atoms. The van der Waals surface area contributed by atoms with Crippen LogP contribution in [0.5, 0.6) is 0 Å². The van der Waals surface area contributed by atoms with Crippen molar-refractivity contribution in [3.63, 3.8) is 0 Å². The molecule has 0 aliphatic carbocycles. The average molecular weight is 391 g/mol. The molecule has 1 fully saturated rings. The largest absolute Gasteiger partial charge is 0.370 e. The van der Waals surface area contributed by atoms with Gasteiger partial charge in [0.15, 0.2) is 0 Å². The van der Waals surface area contributed by atoms with Crippen LogP contribution < -0.4 is 4.90 Å². The molecule has 1 aliphatic heterocycles. The second-order valence-electron chi connectivity index (χ2n) is 6.00. The summed E-state index contributed by atoms with van der Waals surface area (Å²) in [6, 6.07) is 14.4. The number of halogens is 2. The summed E-state index contributed by atoms with van der Waals surface area (Å²) in [5, 5.41) is 0. The topological polar surface area (TPSA) is 23.6 Å². The van der Waals surface area contributed by atoms with Crippen LogP contribution in [-0.4, -0.2) is 37.0 Å². The van der Waals surface area contributed by atoms with Crippen LogP contribution in [0.1, 0.15) is 12.0 Å². The highest BCUT2D eigenvalue weighted by molar-refractivity contribution is 9.10. The zero-order valence-corrected chi connectivity index (χ0v) is 15.0. The lowest BCUT2D eigenvalue weighted by Crippen LogP contribution is -2.36. The van der Waals surface area contributed by atoms with Crippen LogP contribution in [0.3, 0.4) is 0 Å². The van der Waals surface area contributed by atoms with E-state index < -0.39 is 0 Å². The third-order valence-electron chi connectivity index (χ3n) is 4.31. The Labute approximate surface area is 150 Å². The van der Waals surface area contributed by atoms with Crippen molar-refractivity contribution in [3.8, 4) is 0 Å². The minimum Gasteiger partial charge on any atom is -0.370 e. The predicted octanol–water partition coefficient (Wildman–Crippen LogP) is 3.87. The summed E-state index contributed by atoms with van der Waals surface area (Å²) in [7, 11) is 0. The Morgan fingerprint density at radius 2 is 1.67 bits per heavy atom. The second kappa shape index (κ2) is 7.79. The summed E-state index contributed by atoms with van der Waals surface area (Å²) in [5.41, 5.74) is 2.04. The number of carbonyl (C=O) groups is 1. The summed E-state index contributed by atoms with van der Waals surface area (Å²) in [6.45, 7) is 3.13. The number of hydrogen-bond donors (Lipinski definition) is 0. The van der Waals surface area contributed by atoms with Crippen molar-refractivity contribution in [1.29, 1.82) is 0 Å². The van der Waals surface area contributed by atoms with Crippen molar-refractivity contribution in [2.45, 2.75) is 12.8 Å². The Morgan fingerprint density at radius 1 is 0.958 bits per heavy atom. The first kappa shape index (κ1) is 17.0. The molecule has 2 aromatic rings. The van der Waals surface area contributed by atoms with Crippen molar-refractivity contribution in [2.75, 3.05) is 31.1 Å². The van der Waals surface area contributed by atoms with E-state index >= 15 is 0 Å². The van der Waals surface area contributed by atoms with Gasteiger partial charge in [-0.25, -0.2) is 4.39 Å². The van der Waals surface area contributed by atoms with Crippen molar-refractivity contribution < 1.29 is 9.18 Å². The molecule has 0 N–H and O–H groups in total. The Morgan fingerprint density at radius 3 is 2.38 bits per heavy atom. The van der Waals surface area contributed by atoms with Crippen LogP contribution >= 0.6 is 15.9 Å². The third kappa shape index (κ3) is 4.35. The molecule has 5 heteroatoms. The molecule has 1 aliphatic rings. The number of rotatable bonds is 3. The monoisotopic (exact) mass is 390 g/mol. The van der Waals surface area contributed by atoms with Crippen LogP contribution in [0.2, 0.25) is 0 Å². The molecular formula is C19H20BrFN2O. The summed E-state index contributed by atoms with van der Waals surface area (Å²) < 4.78 is 14.1. The van der Waals surface area contributed by atoms with E-state index in [0.717, 1.165) is 41.8 Å². The van der Waals surface area contributed by atoms with Gasteiger partial charge >= 0.3 is 0 Å². The minimum atomic E-state index is -0.222. The molecule has 0 radical (unpaired) electrons. The van der Waals surface area contributed by atoms with Gasteiger partial charge in [0.2, 0.25) is 5.91 Å². The Bertz CT molecular complexity index is 688. The molecule has 0 unspecified atom stereocenters. The number of benzene rings is 2. The van der Waals surface area contributed by atoms with Gasteiger partial charge < -0.3 is 9.80 Å². The minimum absolute atomic E-state index is 0.165. The second-order valence-corrected chi connectivity index (χ2v) is 6.92. The maximum Gasteiger partial charge on any atom is 0.227 e. The van der Waals surface area contributed by atoms with E-state index in [0.29, 0.717) is 13.0 Å². The number of carbonyl (C=O) groups excluding carboxylic acids is 1. The maximum absolute atomic E-state index is 13.1. The molecule has 0 bridgehead atoms. The molecule has 0 aromatic heterocycles. The molecule has 2 aromatic carbocycles. The zero-order chi connectivity index (χ0) is 16.9. The first-order valence-electron chi connectivity index (χ1n) is 8.14. The van der Waals surface area contributed by atoms with E-state index in [1.54, 1.807) is 12.1 Å². The summed E-state index contributed by atoms with van der Waals surface area (Å²) in [4.78, 5) is 16.7. The highest BCUT2D eigenvalue weighted by atomic mass is 79.9. The normalized spacial score (nSPS) is 15.2. The van der Waals surface area contributed by atoms with Crippen molar-refractivity contribution >= 4 is 27.5 Å². The molecule has 0 saturated carbocycles. The number of anilines is 1. The van der Waals surface area contributed by atoms with Gasteiger partial charge in [-0.1, -0.05) is 28.1 Å². The summed E-state index contributed by atoms with van der Waals surface area (Å²) in [6.07, 6.45) is 1.35. The molecule has 1 amide bonds. The van der Waals surface area contributed by atoms with Crippen LogP contribution in [0.25, 0.3) is 0 Å². The van der Waals surface area contributed by atoms with Gasteiger partial charge in [0, 0.05) is 36.3 Å². The van der Waals surface area contributed by atoms with Crippen LogP contribution in [0.4, 0.5) is 10.1 Å². The molecule has 0 atom stereocenters. The number of nitrogens with zero attached hydrogens (tertiary/aromatic N) is 2. The van der Waals surface area contributed by atoms with Gasteiger partial charge in [0.25, 0.3) is 0 Å². The van der Waals surface area contributed by atoms with E-state index in [4.69, 9.17) is 0 Å². The lowest BCUT2D eigenvalue weighted by molar-refractivity contribution is -0.130. The molecule has 3 nitrogen and oxygen atoms in total. The fraction of sp³-hybridized carbons (Fsp3) is 0.316. The Kier molecular flexibility index (Phi) is 5.51. The van der Waals surface area contributed by atoms with Gasteiger partial charge in [0.1, 0.15) is 5.82 Å². The van der Waals surface area contributed by atoms with Crippen molar-refractivity contribution in [3.05, 3.63) is 64.4 Å². The van der Waals surface area contributed by atoms with Crippen LogP contribution in [-0.2, 0) is 11.2 Å². The molecule has 3 rings (SSSR count). The zero-order valence-electron chi connectivity index (χ0n) is 13.4. The Hall–Kier alpha value is -1.88. The Balaban J connectivity index is 1.59. The maximum atomic E-state index is 13.1. The van der Waals surface area contributed by atoms with Crippen molar-refractivity contribution in [1.82, 2.24) is 4.90 Å². The first-order valence-corrected chi connectivity index (χ1v) is 8.94. The number of amides is 1. The lowest BCUT2D eigenvalue weighted by atomic mass is 10.1. The highest BCUT2D eigenvalue weighted by Gasteiger charge is 2.19. The fourth-order valence-corrected chi connectivity index (χ4v) is 3.23. The van der Waals surface area contributed by atoms with Crippen LogP contribution in [0, 0.1) is 5.82 Å². The lowest BCUT2D eigenvalue weighted by Gasteiger charge is -2.23. The van der Waals surface area contributed by atoms with E-state index in [9.17, 15) is 9.18 Å². The highest BCUT2D eigenvalue weighted by Crippen LogP contribution is 2.18. The van der Waals surface area contributed by atoms with Gasteiger partial charge in [-0.15, -0.1) is 0 Å². The standard InChI is InChI=1S/C19H20BrFN2O/c20-16-4-2-15(3-5-16)14-19(24)23-11-1-10-22(12-13-23)18-8-6-17(21)7-9-18/h2-9H,1,10-14H2. The summed E-state index contributed by atoms with van der Waals surface area (Å²) >= 11 is 3.41. The van der Waals surface area contributed by atoms with E-state index in [-0.39, 0.29) is 11.7 Å². The van der Waals surface area contributed by atoms with Gasteiger partial charge in [-0.3, -0.25) is 4.79 Å². The van der Waals surface area contributed by atoms with E-state index in [1.807, 2.05) is 29.2 Å². The van der Waals surface area contributed by atoms with E-state index in [2.05, 4.69) is 20.8 Å². The third-order valence-corrected chi connectivity index (χ3v) is 4.84. The smallest absolute Gasteiger partial charge is 0.227 e. The molecule has 1 saturated heterocycles. The molecule has 0 spiro atoms.